The Labute approximate surface area is 198 Å². The van der Waals surface area contributed by atoms with Gasteiger partial charge in [0.15, 0.2) is 0 Å². The molecule has 33 heavy (non-hydrogen) atoms. The van der Waals surface area contributed by atoms with Crippen LogP contribution in [0.4, 0.5) is 5.69 Å². The van der Waals surface area contributed by atoms with Gasteiger partial charge in [-0.15, -0.1) is 0 Å². The highest BCUT2D eigenvalue weighted by Gasteiger charge is 2.34. The molecule has 0 radical (unpaired) electrons. The molecule has 3 rings (SSSR count). The maximum Gasteiger partial charge on any atom is 0.230 e. The van der Waals surface area contributed by atoms with Crippen LogP contribution < -0.4 is 10.1 Å². The van der Waals surface area contributed by atoms with Crippen molar-refractivity contribution in [3.63, 3.8) is 0 Å². The Morgan fingerprint density at radius 3 is 2.76 bits per heavy atom. The van der Waals surface area contributed by atoms with E-state index in [1.807, 2.05) is 50.4 Å². The predicted molar refractivity (Wildman–Crippen MR) is 136 cm³/mol. The van der Waals surface area contributed by atoms with Gasteiger partial charge < -0.3 is 15.5 Å². The lowest BCUT2D eigenvalue weighted by molar-refractivity contribution is -0.124. The van der Waals surface area contributed by atoms with Crippen LogP contribution in [0.2, 0.25) is 0 Å². The van der Waals surface area contributed by atoms with Gasteiger partial charge >= 0.3 is 0 Å². The Morgan fingerprint density at radius 2 is 2.06 bits per heavy atom. The van der Waals surface area contributed by atoms with E-state index in [4.69, 9.17) is 10.1 Å². The molecule has 2 atom stereocenters. The van der Waals surface area contributed by atoms with Gasteiger partial charge in [0.2, 0.25) is 5.91 Å². The molecule has 2 heterocycles. The van der Waals surface area contributed by atoms with Gasteiger partial charge in [0.05, 0.1) is 11.1 Å². The minimum absolute atomic E-state index is 0.0202. The molecule has 0 aromatic heterocycles. The van der Waals surface area contributed by atoms with Crippen molar-refractivity contribution in [1.82, 2.24) is 4.90 Å². The van der Waals surface area contributed by atoms with Gasteiger partial charge in [-0.2, -0.15) is 0 Å². The lowest BCUT2D eigenvalue weighted by atomic mass is 9.77. The van der Waals surface area contributed by atoms with Gasteiger partial charge in [-0.3, -0.25) is 14.7 Å². The third-order valence-corrected chi connectivity index (χ3v) is 6.80. The first-order chi connectivity index (χ1) is 15.9. The Morgan fingerprint density at radius 1 is 1.30 bits per heavy atom. The molecule has 0 bridgehead atoms. The summed E-state index contributed by atoms with van der Waals surface area (Å²) in [5, 5.41) is 11.6. The van der Waals surface area contributed by atoms with E-state index in [0.717, 1.165) is 19.6 Å². The van der Waals surface area contributed by atoms with E-state index < -0.39 is 5.41 Å². The van der Waals surface area contributed by atoms with Crippen LogP contribution in [0.1, 0.15) is 52.4 Å². The van der Waals surface area contributed by atoms with Gasteiger partial charge in [-0.25, -0.2) is 0 Å². The number of amides is 1. The Bertz CT molecular complexity index is 901. The van der Waals surface area contributed by atoms with Crippen molar-refractivity contribution >= 4 is 23.5 Å². The van der Waals surface area contributed by atoms with E-state index in [9.17, 15) is 4.79 Å². The molecule has 6 heteroatoms. The molecule has 2 aliphatic rings. The van der Waals surface area contributed by atoms with Crippen molar-refractivity contribution in [2.24, 2.45) is 16.3 Å². The number of piperidine rings is 1. The van der Waals surface area contributed by atoms with Crippen molar-refractivity contribution in [2.75, 3.05) is 31.6 Å². The highest BCUT2D eigenvalue weighted by Crippen LogP contribution is 2.34. The van der Waals surface area contributed by atoms with Crippen molar-refractivity contribution in [3.05, 3.63) is 48.7 Å². The fraction of sp³-hybridized carbons (Fsp3) is 0.519. The molecule has 0 spiro atoms. The first-order valence-electron chi connectivity index (χ1n) is 12.1. The largest absolute Gasteiger partial charge is 0.490 e. The number of anilines is 1. The van der Waals surface area contributed by atoms with Crippen molar-refractivity contribution in [1.29, 1.82) is 5.41 Å². The minimum Gasteiger partial charge on any atom is -0.490 e. The number of para-hydroxylation sites is 2. The zero-order valence-electron chi connectivity index (χ0n) is 20.1. The lowest BCUT2D eigenvalue weighted by Crippen LogP contribution is -2.35. The number of carbonyl (C=O) groups excluding carboxylic acids is 1. The van der Waals surface area contributed by atoms with Crippen molar-refractivity contribution in [3.8, 4) is 5.75 Å². The lowest BCUT2D eigenvalue weighted by Gasteiger charge is -2.29. The van der Waals surface area contributed by atoms with Gasteiger partial charge in [0.25, 0.3) is 0 Å². The second-order valence-corrected chi connectivity index (χ2v) is 9.32. The number of hydrogen-bond donors (Lipinski definition) is 2. The maximum atomic E-state index is 13.4. The van der Waals surface area contributed by atoms with Gasteiger partial charge in [0, 0.05) is 30.6 Å². The number of carbonyl (C=O) groups is 1. The van der Waals surface area contributed by atoms with Crippen LogP contribution in [0.25, 0.3) is 0 Å². The molecule has 1 aromatic carbocycles. The Balaban J connectivity index is 1.59. The van der Waals surface area contributed by atoms with E-state index in [0.29, 0.717) is 48.6 Å². The van der Waals surface area contributed by atoms with Gasteiger partial charge in [-0.1, -0.05) is 45.1 Å². The first kappa shape index (κ1) is 24.9. The molecule has 2 N–H and O–H groups in total. The summed E-state index contributed by atoms with van der Waals surface area (Å²) < 4.78 is 6.06. The van der Waals surface area contributed by atoms with E-state index in [1.165, 1.54) is 19.3 Å². The summed E-state index contributed by atoms with van der Waals surface area (Å²) in [6.45, 7) is 11.9. The van der Waals surface area contributed by atoms with E-state index in [2.05, 4.69) is 21.8 Å². The summed E-state index contributed by atoms with van der Waals surface area (Å²) in [7, 11) is 0. The molecular weight excluding hydrogens is 412 g/mol. The monoisotopic (exact) mass is 450 g/mol. The van der Waals surface area contributed by atoms with Crippen molar-refractivity contribution < 1.29 is 9.53 Å². The first-order valence-corrected chi connectivity index (χ1v) is 12.1. The van der Waals surface area contributed by atoms with Gasteiger partial charge in [0.1, 0.15) is 12.4 Å². The number of nitrogens with zero attached hydrogens (tertiary/aromatic N) is 2. The third kappa shape index (κ3) is 6.87. The quantitative estimate of drug-likeness (QED) is 0.439. The minimum atomic E-state index is -0.670. The average Bonchev–Trinajstić information content (AvgIpc) is 2.85. The second kappa shape index (κ2) is 11.9. The highest BCUT2D eigenvalue weighted by atomic mass is 16.5. The highest BCUT2D eigenvalue weighted by molar-refractivity contribution is 6.03. The number of hydrogen-bond acceptors (Lipinski definition) is 5. The van der Waals surface area contributed by atoms with Crippen LogP contribution in [-0.2, 0) is 4.79 Å². The number of benzene rings is 1. The summed E-state index contributed by atoms with van der Waals surface area (Å²) in [6.07, 6.45) is 11.1. The van der Waals surface area contributed by atoms with Crippen LogP contribution in [0.3, 0.4) is 0 Å². The zero-order chi connectivity index (χ0) is 23.7. The number of allylic oxidation sites excluding steroid dienone is 2. The molecular formula is C27H38N4O2. The predicted octanol–water partition coefficient (Wildman–Crippen LogP) is 5.48. The molecule has 1 saturated heterocycles. The van der Waals surface area contributed by atoms with E-state index >= 15 is 0 Å². The topological polar surface area (TPSA) is 77.8 Å². The van der Waals surface area contributed by atoms with E-state index in [-0.39, 0.29) is 11.8 Å². The molecule has 0 aliphatic carbocycles. The number of ether oxygens (including phenoxy) is 1. The Hall–Kier alpha value is -2.73. The van der Waals surface area contributed by atoms with E-state index in [1.54, 1.807) is 6.20 Å². The average molecular weight is 451 g/mol. The SMILES string of the molecule is C=C(CC(C)(CC)C(=O)Nc1ccccc1OCCN1CCCCC1)C(=N)C1C=CN=CC1. The molecule has 1 fully saturated rings. The smallest absolute Gasteiger partial charge is 0.230 e. The summed E-state index contributed by atoms with van der Waals surface area (Å²) in [6, 6.07) is 7.62. The number of rotatable bonds is 11. The standard InChI is InChI=1S/C27H38N4O2/c1-4-27(3,20-21(2)25(28)22-12-14-29-15-13-22)26(32)30-23-10-6-7-11-24(23)33-19-18-31-16-8-5-9-17-31/h6-7,10-12,14-15,22,28H,2,4-5,8-9,13,16-20H2,1,3H3,(H,30,32). The zero-order valence-corrected chi connectivity index (χ0v) is 20.1. The summed E-state index contributed by atoms with van der Waals surface area (Å²) in [5.74, 6) is 0.597. The van der Waals surface area contributed by atoms with Crippen LogP contribution in [0.15, 0.2) is 53.7 Å². The normalized spacial score (nSPS) is 20.1. The molecule has 2 unspecified atom stereocenters. The molecule has 1 aromatic rings. The third-order valence-electron chi connectivity index (χ3n) is 6.80. The second-order valence-electron chi connectivity index (χ2n) is 9.32. The maximum absolute atomic E-state index is 13.4. The van der Waals surface area contributed by atoms with Crippen LogP contribution >= 0.6 is 0 Å². The summed E-state index contributed by atoms with van der Waals surface area (Å²) in [5.41, 5.74) is 1.20. The molecule has 6 nitrogen and oxygen atoms in total. The summed E-state index contributed by atoms with van der Waals surface area (Å²) >= 11 is 0. The fourth-order valence-electron chi connectivity index (χ4n) is 4.31. The van der Waals surface area contributed by atoms with Gasteiger partial charge in [-0.05, 0) is 62.9 Å². The van der Waals surface area contributed by atoms with Crippen molar-refractivity contribution in [2.45, 2.75) is 52.4 Å². The number of aliphatic imine (C=N–C) groups is 1. The summed E-state index contributed by atoms with van der Waals surface area (Å²) in [4.78, 5) is 19.9. The van der Waals surface area contributed by atoms with Crippen LogP contribution in [-0.4, -0.2) is 49.0 Å². The molecule has 2 aliphatic heterocycles. The number of likely N-dealkylation sites (tertiary alicyclic amines) is 1. The molecule has 1 amide bonds. The van der Waals surface area contributed by atoms with Crippen LogP contribution in [0.5, 0.6) is 5.75 Å². The molecule has 0 saturated carbocycles. The van der Waals surface area contributed by atoms with Crippen LogP contribution in [0, 0.1) is 16.7 Å². The number of nitrogens with one attached hydrogen (secondary N) is 2. The Kier molecular flexibility index (Phi) is 9.01. The molecule has 178 valence electrons. The fourth-order valence-corrected chi connectivity index (χ4v) is 4.31.